The lowest BCUT2D eigenvalue weighted by Gasteiger charge is -2.21. The van der Waals surface area contributed by atoms with Crippen molar-refractivity contribution < 1.29 is 35.3 Å². The van der Waals surface area contributed by atoms with Crippen LogP contribution in [0.4, 0.5) is 13.2 Å². The second-order valence-electron chi connectivity index (χ2n) is 3.66. The highest BCUT2D eigenvalue weighted by atomic mass is 32.2. The molecule has 0 saturated heterocycles. The summed E-state index contributed by atoms with van der Waals surface area (Å²) in [4.78, 5) is 10.6. The van der Waals surface area contributed by atoms with Crippen LogP contribution >= 0.6 is 0 Å². The van der Waals surface area contributed by atoms with E-state index in [1.165, 1.54) is 13.0 Å². The number of hydrogen-bond donors (Lipinski definition) is 0. The molecule has 0 amide bonds. The zero-order valence-electron chi connectivity index (χ0n) is 9.36. The number of rotatable bonds is 3. The van der Waals surface area contributed by atoms with Crippen molar-refractivity contribution in [3.8, 4) is 0 Å². The van der Waals surface area contributed by atoms with Gasteiger partial charge in [0.15, 0.2) is 0 Å². The van der Waals surface area contributed by atoms with Gasteiger partial charge in [0.1, 0.15) is 11.9 Å². The van der Waals surface area contributed by atoms with Crippen LogP contribution in [0.15, 0.2) is 11.8 Å². The number of esters is 1. The number of carbonyl (C=O) groups is 1. The Kier molecular flexibility index (Phi) is 4.25. The van der Waals surface area contributed by atoms with Crippen LogP contribution in [0.1, 0.15) is 26.2 Å². The molecule has 0 spiro atoms. The molecule has 0 aromatic carbocycles. The Balaban J connectivity index is 2.62. The van der Waals surface area contributed by atoms with Gasteiger partial charge in [0.25, 0.3) is 0 Å². The third kappa shape index (κ3) is 3.90. The van der Waals surface area contributed by atoms with Gasteiger partial charge in [0.05, 0.1) is 0 Å². The summed E-state index contributed by atoms with van der Waals surface area (Å²) < 4.78 is 66.3. The zero-order chi connectivity index (χ0) is 14.0. The first-order valence-corrected chi connectivity index (χ1v) is 6.39. The Hall–Kier alpha value is -1.25. The molecule has 1 atom stereocenters. The molecule has 5 nitrogen and oxygen atoms in total. The number of ether oxygens (including phenoxy) is 1. The van der Waals surface area contributed by atoms with E-state index in [0.717, 1.165) is 0 Å². The summed E-state index contributed by atoms with van der Waals surface area (Å²) in [6.07, 6.45) is 1.04. The van der Waals surface area contributed by atoms with Crippen molar-refractivity contribution in [3.05, 3.63) is 11.8 Å². The second-order valence-corrected chi connectivity index (χ2v) is 5.20. The number of alkyl halides is 3. The van der Waals surface area contributed by atoms with Crippen LogP contribution in [0, 0.1) is 0 Å². The predicted molar refractivity (Wildman–Crippen MR) is 53.5 cm³/mol. The maximum Gasteiger partial charge on any atom is 0.534 e. The van der Waals surface area contributed by atoms with Crippen molar-refractivity contribution in [1.29, 1.82) is 0 Å². The fourth-order valence-electron chi connectivity index (χ4n) is 1.39. The van der Waals surface area contributed by atoms with Crippen molar-refractivity contribution in [1.82, 2.24) is 0 Å². The number of halogens is 3. The molecule has 0 aromatic heterocycles. The van der Waals surface area contributed by atoms with E-state index >= 15 is 0 Å². The first kappa shape index (κ1) is 14.8. The molecule has 0 bridgehead atoms. The fraction of sp³-hybridized carbons (Fsp3) is 0.667. The van der Waals surface area contributed by atoms with Gasteiger partial charge in [-0.25, -0.2) is 0 Å². The van der Waals surface area contributed by atoms with Gasteiger partial charge in [-0.2, -0.15) is 21.6 Å². The maximum atomic E-state index is 12.0. The fourth-order valence-corrected chi connectivity index (χ4v) is 1.92. The Morgan fingerprint density at radius 1 is 1.44 bits per heavy atom. The largest absolute Gasteiger partial charge is 0.534 e. The standard InChI is InChI=1S/C9H11F3O5S/c1-6(13)16-7-2-4-8(5-3-7)17-18(14,15)9(10,11)12/h4,7H,2-3,5H2,1H3. The second kappa shape index (κ2) is 5.17. The summed E-state index contributed by atoms with van der Waals surface area (Å²) in [6.45, 7) is 1.21. The van der Waals surface area contributed by atoms with Crippen LogP contribution in [0.5, 0.6) is 0 Å². The van der Waals surface area contributed by atoms with Crippen molar-refractivity contribution in [2.75, 3.05) is 0 Å². The average molecular weight is 288 g/mol. The minimum Gasteiger partial charge on any atom is -0.462 e. The number of allylic oxidation sites excluding steroid dienone is 1. The minimum atomic E-state index is -5.61. The Morgan fingerprint density at radius 2 is 2.06 bits per heavy atom. The van der Waals surface area contributed by atoms with E-state index in [-0.39, 0.29) is 25.0 Å². The molecule has 104 valence electrons. The lowest BCUT2D eigenvalue weighted by atomic mass is 10.0. The topological polar surface area (TPSA) is 69.7 Å². The zero-order valence-corrected chi connectivity index (χ0v) is 10.2. The molecule has 1 unspecified atom stereocenters. The van der Waals surface area contributed by atoms with E-state index in [2.05, 4.69) is 4.18 Å². The van der Waals surface area contributed by atoms with Crippen LogP contribution in [0.2, 0.25) is 0 Å². The molecule has 0 heterocycles. The molecule has 0 saturated carbocycles. The van der Waals surface area contributed by atoms with Crippen LogP contribution < -0.4 is 0 Å². The Labute approximate surface area is 102 Å². The monoisotopic (exact) mass is 288 g/mol. The third-order valence-corrected chi connectivity index (χ3v) is 3.15. The van der Waals surface area contributed by atoms with Gasteiger partial charge in [-0.05, 0) is 12.5 Å². The van der Waals surface area contributed by atoms with Crippen LogP contribution in [0.25, 0.3) is 0 Å². The minimum absolute atomic E-state index is 0.0345. The molecule has 18 heavy (non-hydrogen) atoms. The van der Waals surface area contributed by atoms with E-state index in [0.29, 0.717) is 0 Å². The number of hydrogen-bond acceptors (Lipinski definition) is 5. The van der Waals surface area contributed by atoms with Crippen molar-refractivity contribution >= 4 is 16.1 Å². The van der Waals surface area contributed by atoms with Crippen LogP contribution in [-0.4, -0.2) is 26.0 Å². The molecule has 1 aliphatic carbocycles. The molecule has 0 fully saturated rings. The molecule has 0 aromatic rings. The molecule has 1 rings (SSSR count). The van der Waals surface area contributed by atoms with E-state index in [1.54, 1.807) is 0 Å². The lowest BCUT2D eigenvalue weighted by Crippen LogP contribution is -2.27. The van der Waals surface area contributed by atoms with Gasteiger partial charge in [-0.15, -0.1) is 0 Å². The van der Waals surface area contributed by atoms with Gasteiger partial charge >= 0.3 is 21.6 Å². The third-order valence-electron chi connectivity index (χ3n) is 2.15. The molecular weight excluding hydrogens is 277 g/mol. The normalized spacial score (nSPS) is 21.1. The molecular formula is C9H11F3O5S. The van der Waals surface area contributed by atoms with Crippen molar-refractivity contribution in [2.24, 2.45) is 0 Å². The quantitative estimate of drug-likeness (QED) is 0.450. The summed E-state index contributed by atoms with van der Waals surface area (Å²) >= 11 is 0. The lowest BCUT2D eigenvalue weighted by molar-refractivity contribution is -0.146. The summed E-state index contributed by atoms with van der Waals surface area (Å²) in [7, 11) is -5.61. The van der Waals surface area contributed by atoms with Crippen molar-refractivity contribution in [2.45, 2.75) is 37.8 Å². The van der Waals surface area contributed by atoms with Gasteiger partial charge in [-0.3, -0.25) is 4.79 Å². The van der Waals surface area contributed by atoms with Crippen LogP contribution in [0.3, 0.4) is 0 Å². The molecule has 1 aliphatic rings. The van der Waals surface area contributed by atoms with Gasteiger partial charge in [0.2, 0.25) is 0 Å². The first-order valence-electron chi connectivity index (χ1n) is 4.99. The summed E-state index contributed by atoms with van der Waals surface area (Å²) in [5, 5.41) is 0. The summed E-state index contributed by atoms with van der Waals surface area (Å²) in [5.41, 5.74) is -5.44. The van der Waals surface area contributed by atoms with Gasteiger partial charge in [-0.1, -0.05) is 0 Å². The highest BCUT2D eigenvalue weighted by Crippen LogP contribution is 2.30. The molecule has 0 N–H and O–H groups in total. The van der Waals surface area contributed by atoms with Crippen LogP contribution in [-0.2, 0) is 23.8 Å². The summed E-state index contributed by atoms with van der Waals surface area (Å²) in [5.74, 6) is -0.781. The highest BCUT2D eigenvalue weighted by molar-refractivity contribution is 7.87. The Morgan fingerprint density at radius 3 is 2.44 bits per heavy atom. The Bertz CT molecular complexity index is 451. The van der Waals surface area contributed by atoms with E-state index in [4.69, 9.17) is 4.74 Å². The van der Waals surface area contributed by atoms with E-state index in [9.17, 15) is 26.4 Å². The molecule has 9 heteroatoms. The van der Waals surface area contributed by atoms with E-state index < -0.39 is 27.7 Å². The average Bonchev–Trinajstić information content (AvgIpc) is 2.18. The van der Waals surface area contributed by atoms with E-state index in [1.807, 2.05) is 0 Å². The summed E-state index contributed by atoms with van der Waals surface area (Å²) in [6, 6.07) is 0. The number of carbonyl (C=O) groups excluding carboxylic acids is 1. The highest BCUT2D eigenvalue weighted by Gasteiger charge is 2.48. The maximum absolute atomic E-state index is 12.0. The molecule has 0 radical (unpaired) electrons. The van der Waals surface area contributed by atoms with Gasteiger partial charge < -0.3 is 8.92 Å². The van der Waals surface area contributed by atoms with Crippen molar-refractivity contribution in [3.63, 3.8) is 0 Å². The predicted octanol–water partition coefficient (Wildman–Crippen LogP) is 1.85. The SMILES string of the molecule is CC(=O)OC1CC=C(OS(=O)(=O)C(F)(F)F)CC1. The molecule has 0 aliphatic heterocycles. The van der Waals surface area contributed by atoms with Gasteiger partial charge in [0, 0.05) is 19.8 Å². The smallest absolute Gasteiger partial charge is 0.462 e. The first-order chi connectivity index (χ1) is 8.12.